The largest absolute Gasteiger partial charge is 0.543 e. The lowest BCUT2D eigenvalue weighted by molar-refractivity contribution is -0.142. The van der Waals surface area contributed by atoms with Gasteiger partial charge in [-0.25, -0.2) is 0 Å². The molecule has 0 aliphatic heterocycles. The molecule has 0 bridgehead atoms. The van der Waals surface area contributed by atoms with E-state index in [2.05, 4.69) is 33.9 Å². The van der Waals surface area contributed by atoms with Crippen molar-refractivity contribution in [2.75, 3.05) is 0 Å². The van der Waals surface area contributed by atoms with E-state index < -0.39 is 8.32 Å². The molecule has 0 aromatic heterocycles. The monoisotopic (exact) mass is 280 g/mol. The predicted octanol–water partition coefficient (Wildman–Crippen LogP) is 4.13. The maximum Gasteiger partial charge on any atom is 0.302 e. The van der Waals surface area contributed by atoms with Crippen molar-refractivity contribution >= 4 is 14.3 Å². The van der Waals surface area contributed by atoms with Gasteiger partial charge in [-0.15, -0.1) is 0 Å². The van der Waals surface area contributed by atoms with Crippen LogP contribution in [0.2, 0.25) is 18.1 Å². The smallest absolute Gasteiger partial charge is 0.302 e. The molecule has 19 heavy (non-hydrogen) atoms. The maximum absolute atomic E-state index is 10.9. The molecule has 0 saturated carbocycles. The minimum atomic E-state index is -1.87. The fraction of sp³-hybridized carbons (Fsp3) is 0.533. The van der Waals surface area contributed by atoms with E-state index in [9.17, 15) is 4.79 Å². The number of hydrogen-bond donors (Lipinski definition) is 0. The van der Waals surface area contributed by atoms with Crippen LogP contribution in [0.25, 0.3) is 0 Å². The summed E-state index contributed by atoms with van der Waals surface area (Å²) in [6, 6.07) is 7.75. The number of benzene rings is 1. The molecule has 0 fully saturated rings. The Balaban J connectivity index is 2.92. The second kappa shape index (κ2) is 5.78. The van der Waals surface area contributed by atoms with Crippen LogP contribution in [0.1, 0.15) is 33.3 Å². The Kier molecular flexibility index (Phi) is 4.79. The lowest BCUT2D eigenvalue weighted by Gasteiger charge is -2.37. The van der Waals surface area contributed by atoms with Crippen molar-refractivity contribution in [2.24, 2.45) is 0 Å². The van der Waals surface area contributed by atoms with Gasteiger partial charge in [0.15, 0.2) is 0 Å². The summed E-state index contributed by atoms with van der Waals surface area (Å²) >= 11 is 0. The van der Waals surface area contributed by atoms with E-state index >= 15 is 0 Å². The predicted molar refractivity (Wildman–Crippen MR) is 79.7 cm³/mol. The van der Waals surface area contributed by atoms with E-state index in [0.717, 1.165) is 11.3 Å². The van der Waals surface area contributed by atoms with Crippen LogP contribution in [0.4, 0.5) is 0 Å². The van der Waals surface area contributed by atoms with Gasteiger partial charge in [0.25, 0.3) is 0 Å². The second-order valence-corrected chi connectivity index (χ2v) is 11.0. The fourth-order valence-electron chi connectivity index (χ4n) is 1.33. The molecule has 0 aliphatic rings. The average molecular weight is 280 g/mol. The zero-order chi connectivity index (χ0) is 14.7. The van der Waals surface area contributed by atoms with Gasteiger partial charge in [0, 0.05) is 12.5 Å². The summed E-state index contributed by atoms with van der Waals surface area (Å²) in [4.78, 5) is 10.9. The Labute approximate surface area is 117 Å². The third-order valence-corrected chi connectivity index (χ3v) is 7.92. The van der Waals surface area contributed by atoms with E-state index in [-0.39, 0.29) is 17.6 Å². The van der Waals surface area contributed by atoms with Crippen LogP contribution >= 0.6 is 0 Å². The third kappa shape index (κ3) is 4.38. The number of carbonyl (C=O) groups excluding carboxylic acids is 1. The minimum Gasteiger partial charge on any atom is -0.543 e. The highest BCUT2D eigenvalue weighted by molar-refractivity contribution is 6.74. The number of hydrogen-bond acceptors (Lipinski definition) is 3. The summed E-state index contributed by atoms with van der Waals surface area (Å²) in [6.07, 6.45) is 0. The van der Waals surface area contributed by atoms with Gasteiger partial charge >= 0.3 is 5.97 Å². The van der Waals surface area contributed by atoms with Crippen molar-refractivity contribution in [1.82, 2.24) is 0 Å². The molecule has 0 unspecified atom stereocenters. The van der Waals surface area contributed by atoms with Gasteiger partial charge in [0.2, 0.25) is 8.32 Å². The number of carbonyl (C=O) groups is 1. The van der Waals surface area contributed by atoms with Gasteiger partial charge in [-0.2, -0.15) is 0 Å². The first-order valence-corrected chi connectivity index (χ1v) is 9.44. The normalized spacial score (nSPS) is 12.1. The average Bonchev–Trinajstić information content (AvgIpc) is 2.25. The van der Waals surface area contributed by atoms with Gasteiger partial charge in [-0.1, -0.05) is 39.0 Å². The molecule has 0 amide bonds. The van der Waals surface area contributed by atoms with Gasteiger partial charge in [-0.3, -0.25) is 4.79 Å². The molecule has 1 aromatic rings. The van der Waals surface area contributed by atoms with E-state index in [1.807, 2.05) is 24.3 Å². The Morgan fingerprint density at radius 3 is 2.32 bits per heavy atom. The third-order valence-electron chi connectivity index (χ3n) is 3.57. The summed E-state index contributed by atoms with van der Waals surface area (Å²) in [5, 5.41) is 0.140. The van der Waals surface area contributed by atoms with E-state index in [4.69, 9.17) is 9.16 Å². The molecule has 1 aromatic carbocycles. The summed E-state index contributed by atoms with van der Waals surface area (Å²) in [5.41, 5.74) is 0.919. The van der Waals surface area contributed by atoms with Crippen LogP contribution in [-0.4, -0.2) is 14.3 Å². The van der Waals surface area contributed by atoms with Gasteiger partial charge in [-0.05, 0) is 24.2 Å². The van der Waals surface area contributed by atoms with Crippen LogP contribution in [0.3, 0.4) is 0 Å². The highest BCUT2D eigenvalue weighted by atomic mass is 28.4. The zero-order valence-corrected chi connectivity index (χ0v) is 13.7. The standard InChI is InChI=1S/C15H24O3Si/c1-12(16)17-11-13-9-7-8-10-14(13)18-19(5,6)15(2,3)4/h7-10H,11H2,1-6H3. The van der Waals surface area contributed by atoms with Crippen molar-refractivity contribution in [3.63, 3.8) is 0 Å². The maximum atomic E-state index is 10.9. The molecule has 4 heteroatoms. The zero-order valence-electron chi connectivity index (χ0n) is 12.7. The fourth-order valence-corrected chi connectivity index (χ4v) is 2.39. The molecule has 0 saturated heterocycles. The Hall–Kier alpha value is -1.29. The van der Waals surface area contributed by atoms with Crippen molar-refractivity contribution in [3.8, 4) is 5.75 Å². The van der Waals surface area contributed by atoms with Crippen molar-refractivity contribution in [1.29, 1.82) is 0 Å². The first-order valence-electron chi connectivity index (χ1n) is 6.54. The summed E-state index contributed by atoms with van der Waals surface area (Å²) in [7, 11) is -1.87. The molecule has 3 nitrogen and oxygen atoms in total. The van der Waals surface area contributed by atoms with Gasteiger partial charge < -0.3 is 9.16 Å². The van der Waals surface area contributed by atoms with Crippen LogP contribution in [0.5, 0.6) is 5.75 Å². The first kappa shape index (κ1) is 15.8. The van der Waals surface area contributed by atoms with E-state index in [1.54, 1.807) is 0 Å². The van der Waals surface area contributed by atoms with Crippen molar-refractivity contribution in [2.45, 2.75) is 52.4 Å². The lowest BCUT2D eigenvalue weighted by atomic mass is 10.2. The molecule has 0 heterocycles. The number of esters is 1. The van der Waals surface area contributed by atoms with Crippen LogP contribution in [0.15, 0.2) is 24.3 Å². The molecule has 106 valence electrons. The highest BCUT2D eigenvalue weighted by Gasteiger charge is 2.39. The van der Waals surface area contributed by atoms with Crippen LogP contribution < -0.4 is 4.43 Å². The second-order valence-electron chi connectivity index (χ2n) is 6.25. The molecular formula is C15H24O3Si. The van der Waals surface area contributed by atoms with Crippen molar-refractivity contribution in [3.05, 3.63) is 29.8 Å². The Morgan fingerprint density at radius 1 is 1.21 bits per heavy atom. The van der Waals surface area contributed by atoms with E-state index in [0.29, 0.717) is 0 Å². The SMILES string of the molecule is CC(=O)OCc1ccccc1O[Si](C)(C)C(C)(C)C. The Morgan fingerprint density at radius 2 is 1.79 bits per heavy atom. The molecular weight excluding hydrogens is 256 g/mol. The summed E-state index contributed by atoms with van der Waals surface area (Å²) < 4.78 is 11.3. The van der Waals surface area contributed by atoms with Gasteiger partial charge in [0.05, 0.1) is 0 Å². The molecule has 0 atom stereocenters. The van der Waals surface area contributed by atoms with Crippen molar-refractivity contribution < 1.29 is 14.0 Å². The number of rotatable bonds is 4. The molecule has 0 spiro atoms. The molecule has 0 aliphatic carbocycles. The Bertz CT molecular complexity index is 447. The minimum absolute atomic E-state index is 0.140. The summed E-state index contributed by atoms with van der Waals surface area (Å²) in [5.74, 6) is 0.553. The lowest BCUT2D eigenvalue weighted by Crippen LogP contribution is -2.44. The van der Waals surface area contributed by atoms with E-state index in [1.165, 1.54) is 6.92 Å². The number of para-hydroxylation sites is 1. The topological polar surface area (TPSA) is 35.5 Å². The first-order chi connectivity index (χ1) is 8.63. The van der Waals surface area contributed by atoms with Gasteiger partial charge in [0.1, 0.15) is 12.4 Å². The van der Waals surface area contributed by atoms with Crippen LogP contribution in [0, 0.1) is 0 Å². The highest BCUT2D eigenvalue weighted by Crippen LogP contribution is 2.38. The molecule has 0 N–H and O–H groups in total. The van der Waals surface area contributed by atoms with Crippen LogP contribution in [-0.2, 0) is 16.1 Å². The molecule has 0 radical (unpaired) electrons. The number of ether oxygens (including phenoxy) is 1. The quantitative estimate of drug-likeness (QED) is 0.614. The summed E-state index contributed by atoms with van der Waals surface area (Å²) in [6.45, 7) is 12.7. The molecule has 1 rings (SSSR count).